The number of anilines is 2. The second kappa shape index (κ2) is 5.04. The van der Waals surface area contributed by atoms with Crippen molar-refractivity contribution in [3.05, 3.63) is 22.8 Å². The summed E-state index contributed by atoms with van der Waals surface area (Å²) in [5.41, 5.74) is 0. The van der Waals surface area contributed by atoms with Crippen molar-refractivity contribution in [3.8, 4) is 0 Å². The van der Waals surface area contributed by atoms with Crippen LogP contribution in [0.1, 0.15) is 28.3 Å². The number of H-pyrrole nitrogens is 1. The molecule has 0 aromatic carbocycles. The van der Waals surface area contributed by atoms with Crippen molar-refractivity contribution in [2.75, 3.05) is 10.6 Å². The number of thiophene rings is 1. The molecule has 1 saturated carbocycles. The topological polar surface area (TPSA) is 99.8 Å². The molecule has 20 heavy (non-hydrogen) atoms. The van der Waals surface area contributed by atoms with Crippen molar-refractivity contribution in [2.24, 2.45) is 5.92 Å². The van der Waals surface area contributed by atoms with Crippen molar-refractivity contribution in [2.45, 2.75) is 19.8 Å². The van der Waals surface area contributed by atoms with Gasteiger partial charge < -0.3 is 5.32 Å². The zero-order valence-electron chi connectivity index (χ0n) is 10.8. The lowest BCUT2D eigenvalue weighted by atomic mass is 10.4. The minimum atomic E-state index is -0.291. The number of nitrogens with one attached hydrogen (secondary N) is 3. The van der Waals surface area contributed by atoms with Crippen molar-refractivity contribution in [1.29, 1.82) is 0 Å². The van der Waals surface area contributed by atoms with Crippen LogP contribution in [0.4, 0.5) is 10.9 Å². The van der Waals surface area contributed by atoms with Crippen LogP contribution in [-0.4, -0.2) is 27.0 Å². The third kappa shape index (κ3) is 2.85. The first-order chi connectivity index (χ1) is 9.61. The van der Waals surface area contributed by atoms with Gasteiger partial charge in [0.2, 0.25) is 11.9 Å². The van der Waals surface area contributed by atoms with E-state index in [1.54, 1.807) is 19.1 Å². The number of aryl methyl sites for hydroxylation is 1. The first kappa shape index (κ1) is 12.8. The highest BCUT2D eigenvalue weighted by Crippen LogP contribution is 2.31. The maximum Gasteiger partial charge on any atom is 0.268 e. The normalized spacial score (nSPS) is 14.1. The average Bonchev–Trinajstić information content (AvgIpc) is 3.04. The van der Waals surface area contributed by atoms with E-state index >= 15 is 0 Å². The molecule has 0 saturated heterocycles. The number of aromatic amines is 1. The first-order valence-electron chi connectivity index (χ1n) is 6.23. The van der Waals surface area contributed by atoms with Gasteiger partial charge in [0.05, 0.1) is 9.88 Å². The summed E-state index contributed by atoms with van der Waals surface area (Å²) in [7, 11) is 0. The fourth-order valence-corrected chi connectivity index (χ4v) is 2.46. The Labute approximate surface area is 118 Å². The van der Waals surface area contributed by atoms with E-state index in [-0.39, 0.29) is 23.7 Å². The fourth-order valence-electron chi connectivity index (χ4n) is 1.66. The fraction of sp³-hybridized carbons (Fsp3) is 0.333. The molecule has 8 heteroatoms. The summed E-state index contributed by atoms with van der Waals surface area (Å²) in [5.74, 6) is 0.753. The van der Waals surface area contributed by atoms with Crippen LogP contribution in [0.5, 0.6) is 0 Å². The quantitative estimate of drug-likeness (QED) is 0.799. The molecule has 2 aromatic heterocycles. The summed E-state index contributed by atoms with van der Waals surface area (Å²) < 4.78 is 0. The zero-order valence-corrected chi connectivity index (χ0v) is 11.6. The second-order valence-electron chi connectivity index (χ2n) is 4.63. The first-order valence-corrected chi connectivity index (χ1v) is 7.04. The molecule has 1 fully saturated rings. The molecule has 2 aromatic rings. The molecule has 3 N–H and O–H groups in total. The zero-order chi connectivity index (χ0) is 14.1. The van der Waals surface area contributed by atoms with Gasteiger partial charge in [0, 0.05) is 5.92 Å². The Morgan fingerprint density at radius 3 is 2.80 bits per heavy atom. The van der Waals surface area contributed by atoms with Crippen molar-refractivity contribution in [3.63, 3.8) is 0 Å². The van der Waals surface area contributed by atoms with E-state index < -0.39 is 0 Å². The average molecular weight is 291 g/mol. The smallest absolute Gasteiger partial charge is 0.268 e. The molecule has 2 amide bonds. The standard InChI is InChI=1S/C12H13N5O2S/c1-6-13-12(17-16-6)15-11(19)8-4-5-9(20-8)14-10(18)7-2-3-7/h4-5,7H,2-3H2,1H3,(H,14,18)(H2,13,15,16,17,19). The number of amides is 2. The van der Waals surface area contributed by atoms with Gasteiger partial charge in [0.25, 0.3) is 5.91 Å². The molecule has 2 heterocycles. The number of carbonyl (C=O) groups excluding carboxylic acids is 2. The summed E-state index contributed by atoms with van der Waals surface area (Å²) in [6, 6.07) is 3.39. The third-order valence-corrected chi connectivity index (χ3v) is 3.85. The van der Waals surface area contributed by atoms with Gasteiger partial charge >= 0.3 is 0 Å². The summed E-state index contributed by atoms with van der Waals surface area (Å²) in [4.78, 5) is 28.1. The van der Waals surface area contributed by atoms with Crippen LogP contribution < -0.4 is 10.6 Å². The van der Waals surface area contributed by atoms with Crippen LogP contribution in [0.25, 0.3) is 0 Å². The Morgan fingerprint density at radius 2 is 2.15 bits per heavy atom. The summed E-state index contributed by atoms with van der Waals surface area (Å²) in [6.07, 6.45) is 1.91. The highest BCUT2D eigenvalue weighted by atomic mass is 32.1. The molecule has 104 valence electrons. The van der Waals surface area contributed by atoms with E-state index in [0.29, 0.717) is 15.7 Å². The molecule has 0 unspecified atom stereocenters. The van der Waals surface area contributed by atoms with E-state index in [0.717, 1.165) is 12.8 Å². The van der Waals surface area contributed by atoms with Gasteiger partial charge in [0.15, 0.2) is 0 Å². The number of nitrogens with zero attached hydrogens (tertiary/aromatic N) is 2. The Hall–Kier alpha value is -2.22. The van der Waals surface area contributed by atoms with Crippen molar-refractivity contribution >= 4 is 34.1 Å². The van der Waals surface area contributed by atoms with E-state index in [2.05, 4.69) is 25.8 Å². The Morgan fingerprint density at radius 1 is 1.35 bits per heavy atom. The number of aromatic nitrogens is 3. The molecule has 1 aliphatic rings. The Bertz CT molecular complexity index is 658. The predicted octanol–water partition coefficient (Wildman–Crippen LogP) is 1.78. The molecule has 7 nitrogen and oxygen atoms in total. The van der Waals surface area contributed by atoms with Gasteiger partial charge in [-0.3, -0.25) is 20.0 Å². The molecule has 1 aliphatic carbocycles. The maximum atomic E-state index is 12.0. The monoisotopic (exact) mass is 291 g/mol. The van der Waals surface area contributed by atoms with Gasteiger partial charge in [0.1, 0.15) is 5.82 Å². The van der Waals surface area contributed by atoms with Crippen molar-refractivity contribution in [1.82, 2.24) is 15.2 Å². The minimum absolute atomic E-state index is 0.0309. The molecule has 0 atom stereocenters. The molecule has 0 spiro atoms. The molecular formula is C12H13N5O2S. The highest BCUT2D eigenvalue weighted by Gasteiger charge is 2.29. The van der Waals surface area contributed by atoms with E-state index in [1.807, 2.05) is 0 Å². The molecule has 3 rings (SSSR count). The molecule has 0 radical (unpaired) electrons. The maximum absolute atomic E-state index is 12.0. The number of hydrogen-bond acceptors (Lipinski definition) is 5. The summed E-state index contributed by atoms with van der Waals surface area (Å²) in [6.45, 7) is 1.75. The minimum Gasteiger partial charge on any atom is -0.317 e. The number of carbonyl (C=O) groups is 2. The Balaban J connectivity index is 1.63. The van der Waals surface area contributed by atoms with Crippen LogP contribution in [0.2, 0.25) is 0 Å². The van der Waals surface area contributed by atoms with E-state index in [4.69, 9.17) is 0 Å². The van der Waals surface area contributed by atoms with E-state index in [9.17, 15) is 9.59 Å². The summed E-state index contributed by atoms with van der Waals surface area (Å²) in [5, 5.41) is 12.6. The lowest BCUT2D eigenvalue weighted by molar-refractivity contribution is -0.117. The van der Waals surface area contributed by atoms with Gasteiger partial charge in [-0.15, -0.1) is 16.4 Å². The number of rotatable bonds is 4. The van der Waals surface area contributed by atoms with Gasteiger partial charge in [-0.05, 0) is 31.9 Å². The SMILES string of the molecule is Cc1nc(NC(=O)c2ccc(NC(=O)C3CC3)s2)n[nH]1. The molecular weight excluding hydrogens is 278 g/mol. The van der Waals surface area contributed by atoms with Gasteiger partial charge in [-0.1, -0.05) is 0 Å². The van der Waals surface area contributed by atoms with Crippen LogP contribution in [0.3, 0.4) is 0 Å². The second-order valence-corrected chi connectivity index (χ2v) is 5.71. The van der Waals surface area contributed by atoms with Crippen LogP contribution in [-0.2, 0) is 4.79 Å². The third-order valence-electron chi connectivity index (χ3n) is 2.85. The highest BCUT2D eigenvalue weighted by molar-refractivity contribution is 7.18. The van der Waals surface area contributed by atoms with Gasteiger partial charge in [-0.25, -0.2) is 0 Å². The molecule has 0 bridgehead atoms. The Kier molecular flexibility index (Phi) is 3.23. The number of hydrogen-bond donors (Lipinski definition) is 3. The predicted molar refractivity (Wildman–Crippen MR) is 74.7 cm³/mol. The van der Waals surface area contributed by atoms with Gasteiger partial charge in [-0.2, -0.15) is 4.98 Å². The van der Waals surface area contributed by atoms with Crippen LogP contribution >= 0.6 is 11.3 Å². The lowest BCUT2D eigenvalue weighted by Gasteiger charge is -1.99. The summed E-state index contributed by atoms with van der Waals surface area (Å²) >= 11 is 1.23. The molecule has 0 aliphatic heterocycles. The largest absolute Gasteiger partial charge is 0.317 e. The lowest BCUT2D eigenvalue weighted by Crippen LogP contribution is -2.12. The van der Waals surface area contributed by atoms with Crippen LogP contribution in [0.15, 0.2) is 12.1 Å². The van der Waals surface area contributed by atoms with Crippen molar-refractivity contribution < 1.29 is 9.59 Å². The van der Waals surface area contributed by atoms with E-state index in [1.165, 1.54) is 11.3 Å². The van der Waals surface area contributed by atoms with Crippen LogP contribution in [0, 0.1) is 12.8 Å².